The third kappa shape index (κ3) is 7.91. The van der Waals surface area contributed by atoms with Crippen molar-refractivity contribution in [2.75, 3.05) is 16.8 Å². The van der Waals surface area contributed by atoms with Gasteiger partial charge in [-0.1, -0.05) is 85.4 Å². The van der Waals surface area contributed by atoms with E-state index in [9.17, 15) is 14.4 Å². The molecule has 3 amide bonds. The number of benzene rings is 5. The Morgan fingerprint density at radius 2 is 1.45 bits per heavy atom. The lowest BCUT2D eigenvalue weighted by atomic mass is 10.1. The van der Waals surface area contributed by atoms with Crippen LogP contribution >= 0.6 is 23.5 Å². The summed E-state index contributed by atoms with van der Waals surface area (Å²) in [4.78, 5) is 45.9. The van der Waals surface area contributed by atoms with Crippen molar-refractivity contribution in [2.24, 2.45) is 0 Å². The van der Waals surface area contributed by atoms with E-state index < -0.39 is 11.8 Å². The van der Waals surface area contributed by atoms with Crippen molar-refractivity contribution in [2.45, 2.75) is 40.2 Å². The third-order valence-corrected chi connectivity index (χ3v) is 10.2. The fourth-order valence-corrected chi connectivity index (χ4v) is 7.50. The predicted molar refractivity (Wildman–Crippen MR) is 199 cm³/mol. The fourth-order valence-electron chi connectivity index (χ4n) is 5.39. The molecule has 0 fully saturated rings. The minimum atomic E-state index is -0.500. The summed E-state index contributed by atoms with van der Waals surface area (Å²) in [7, 11) is 0. The number of anilines is 3. The number of nitrogens with zero attached hydrogens (tertiary/aromatic N) is 1. The lowest BCUT2D eigenvalue weighted by Gasteiger charge is -2.33. The van der Waals surface area contributed by atoms with Crippen LogP contribution in [0.1, 0.15) is 36.2 Å². The first kappa shape index (κ1) is 33.6. The van der Waals surface area contributed by atoms with Crippen molar-refractivity contribution in [3.05, 3.63) is 144 Å². The SMILES string of the molecule is CCOc1ccccc1/C=C(/NC(=O)c1ccccc1)C(=O)Nc1cccc(SC(CC)C(=O)N2c3ccccc3Sc3ccccc32)c1. The van der Waals surface area contributed by atoms with E-state index in [4.69, 9.17) is 4.74 Å². The number of amides is 3. The van der Waals surface area contributed by atoms with Crippen LogP contribution < -0.4 is 20.3 Å². The second kappa shape index (κ2) is 15.8. The molecule has 9 heteroatoms. The highest BCUT2D eigenvalue weighted by Gasteiger charge is 2.32. The van der Waals surface area contributed by atoms with E-state index in [2.05, 4.69) is 10.6 Å². The molecule has 0 saturated heterocycles. The zero-order chi connectivity index (χ0) is 34.2. The highest BCUT2D eigenvalue weighted by atomic mass is 32.2. The average Bonchev–Trinajstić information content (AvgIpc) is 3.13. The number of fused-ring (bicyclic) bond motifs is 2. The smallest absolute Gasteiger partial charge is 0.272 e. The number of nitrogens with one attached hydrogen (secondary N) is 2. The molecule has 1 heterocycles. The van der Waals surface area contributed by atoms with E-state index in [1.165, 1.54) is 11.8 Å². The van der Waals surface area contributed by atoms with Crippen LogP contribution in [0.25, 0.3) is 6.08 Å². The number of carbonyl (C=O) groups is 3. The van der Waals surface area contributed by atoms with Crippen molar-refractivity contribution >= 4 is 64.4 Å². The van der Waals surface area contributed by atoms with Crippen molar-refractivity contribution in [3.8, 4) is 5.75 Å². The van der Waals surface area contributed by atoms with Gasteiger partial charge in [0.15, 0.2) is 0 Å². The van der Waals surface area contributed by atoms with Gasteiger partial charge < -0.3 is 15.4 Å². The lowest BCUT2D eigenvalue weighted by molar-refractivity contribution is -0.117. The topological polar surface area (TPSA) is 87.7 Å². The van der Waals surface area contributed by atoms with Gasteiger partial charge in [0.05, 0.1) is 23.2 Å². The van der Waals surface area contributed by atoms with E-state index >= 15 is 0 Å². The summed E-state index contributed by atoms with van der Waals surface area (Å²) in [5.74, 6) is -0.330. The number of carbonyl (C=O) groups excluding carboxylic acids is 3. The molecular formula is C40H35N3O4S2. The second-order valence-corrected chi connectivity index (χ2v) is 13.4. The second-order valence-electron chi connectivity index (χ2n) is 11.1. The molecule has 0 bridgehead atoms. The van der Waals surface area contributed by atoms with Crippen LogP contribution in [0.3, 0.4) is 0 Å². The summed E-state index contributed by atoms with van der Waals surface area (Å²) in [6, 6.07) is 39.4. The normalized spacial score (nSPS) is 12.7. The highest BCUT2D eigenvalue weighted by Crippen LogP contribution is 2.49. The number of hydrogen-bond acceptors (Lipinski definition) is 6. The molecule has 0 aromatic heterocycles. The van der Waals surface area contributed by atoms with Gasteiger partial charge in [-0.2, -0.15) is 0 Å². The van der Waals surface area contributed by atoms with Crippen molar-refractivity contribution in [1.29, 1.82) is 0 Å². The van der Waals surface area contributed by atoms with Gasteiger partial charge in [0.1, 0.15) is 11.4 Å². The van der Waals surface area contributed by atoms with Crippen molar-refractivity contribution in [3.63, 3.8) is 0 Å². The lowest BCUT2D eigenvalue weighted by Crippen LogP contribution is -2.35. The van der Waals surface area contributed by atoms with E-state index in [1.54, 1.807) is 48.2 Å². The largest absolute Gasteiger partial charge is 0.493 e. The van der Waals surface area contributed by atoms with Gasteiger partial charge in [-0.15, -0.1) is 11.8 Å². The first-order chi connectivity index (χ1) is 23.9. The van der Waals surface area contributed by atoms with Gasteiger partial charge in [-0.3, -0.25) is 19.3 Å². The zero-order valence-corrected chi connectivity index (χ0v) is 28.7. The summed E-state index contributed by atoms with van der Waals surface area (Å²) in [5.41, 5.74) is 3.40. The maximum absolute atomic E-state index is 14.2. The monoisotopic (exact) mass is 685 g/mol. The number of ether oxygens (including phenoxy) is 1. The third-order valence-electron chi connectivity index (χ3n) is 7.72. The maximum atomic E-state index is 14.2. The molecule has 0 radical (unpaired) electrons. The van der Waals surface area contributed by atoms with Crippen LogP contribution in [0.15, 0.2) is 148 Å². The summed E-state index contributed by atoms with van der Waals surface area (Å²) in [6.07, 6.45) is 2.21. The van der Waals surface area contributed by atoms with Crippen molar-refractivity contribution < 1.29 is 19.1 Å². The molecule has 1 unspecified atom stereocenters. The highest BCUT2D eigenvalue weighted by molar-refractivity contribution is 8.00. The van der Waals surface area contributed by atoms with E-state index in [0.717, 1.165) is 26.1 Å². The molecule has 5 aromatic rings. The summed E-state index contributed by atoms with van der Waals surface area (Å²) >= 11 is 3.12. The Hall–Kier alpha value is -5.25. The minimum absolute atomic E-state index is 0.0102. The minimum Gasteiger partial charge on any atom is -0.493 e. The van der Waals surface area contributed by atoms with Gasteiger partial charge in [0, 0.05) is 31.5 Å². The molecule has 49 heavy (non-hydrogen) atoms. The van der Waals surface area contributed by atoms with Gasteiger partial charge in [-0.25, -0.2) is 0 Å². The van der Waals surface area contributed by atoms with Crippen LogP contribution in [-0.4, -0.2) is 29.6 Å². The van der Waals surface area contributed by atoms with Crippen LogP contribution in [-0.2, 0) is 9.59 Å². The Balaban J connectivity index is 1.24. The van der Waals surface area contributed by atoms with Gasteiger partial charge in [0.2, 0.25) is 5.91 Å². The molecule has 6 rings (SSSR count). The number of thioether (sulfide) groups is 1. The number of hydrogen-bond donors (Lipinski definition) is 2. The summed E-state index contributed by atoms with van der Waals surface area (Å²) < 4.78 is 5.77. The van der Waals surface area contributed by atoms with E-state index in [-0.39, 0.29) is 16.9 Å². The van der Waals surface area contributed by atoms with E-state index in [0.29, 0.717) is 35.6 Å². The predicted octanol–water partition coefficient (Wildman–Crippen LogP) is 9.20. The molecule has 1 aliphatic rings. The van der Waals surface area contributed by atoms with Crippen molar-refractivity contribution in [1.82, 2.24) is 5.32 Å². The molecule has 0 aliphatic carbocycles. The quantitative estimate of drug-likeness (QED) is 0.107. The molecule has 7 nitrogen and oxygen atoms in total. The number of rotatable bonds is 11. The first-order valence-corrected chi connectivity index (χ1v) is 17.7. The zero-order valence-electron chi connectivity index (χ0n) is 27.1. The van der Waals surface area contributed by atoms with E-state index in [1.807, 2.05) is 116 Å². The Kier molecular flexibility index (Phi) is 10.8. The summed E-state index contributed by atoms with van der Waals surface area (Å²) in [6.45, 7) is 4.34. The Bertz CT molecular complexity index is 1970. The molecule has 1 atom stereocenters. The van der Waals surface area contributed by atoms with Gasteiger partial charge >= 0.3 is 0 Å². The standard InChI is InChI=1S/C40H35N3O4S2/c1-3-35(40(46)43-32-20-9-12-23-36(32)49-37-24-13-10-21-33(37)43)48-30-19-14-18-29(26-30)41-39(45)31(42-38(44)27-15-6-5-7-16-27)25-28-17-8-11-22-34(28)47-4-2/h5-26,35H,3-4H2,1-2H3,(H,41,45)(H,42,44)/b31-25+. The fraction of sp³-hybridized carbons (Fsp3) is 0.125. The van der Waals surface area contributed by atoms with Crippen LogP contribution in [0.5, 0.6) is 5.75 Å². The molecule has 246 valence electrons. The molecular weight excluding hydrogens is 651 g/mol. The average molecular weight is 686 g/mol. The van der Waals surface area contributed by atoms with Crippen LogP contribution in [0, 0.1) is 0 Å². The maximum Gasteiger partial charge on any atom is 0.272 e. The molecule has 5 aromatic carbocycles. The Morgan fingerprint density at radius 3 is 2.14 bits per heavy atom. The van der Waals surface area contributed by atoms with Crippen LogP contribution in [0.4, 0.5) is 17.1 Å². The van der Waals surface area contributed by atoms with Crippen LogP contribution in [0.2, 0.25) is 0 Å². The molecule has 2 N–H and O–H groups in total. The van der Waals surface area contributed by atoms with Gasteiger partial charge in [0.25, 0.3) is 11.8 Å². The molecule has 0 spiro atoms. The summed E-state index contributed by atoms with van der Waals surface area (Å²) in [5, 5.41) is 5.36. The first-order valence-electron chi connectivity index (χ1n) is 16.0. The Morgan fingerprint density at radius 1 is 0.796 bits per heavy atom. The van der Waals surface area contributed by atoms with Gasteiger partial charge in [-0.05, 0) is 80.1 Å². The Labute approximate surface area is 294 Å². The molecule has 0 saturated carbocycles. The number of para-hydroxylation sites is 3. The molecule has 1 aliphatic heterocycles.